The predicted octanol–water partition coefficient (Wildman–Crippen LogP) is 2.87. The minimum absolute atomic E-state index is 0.0780. The second kappa shape index (κ2) is 5.14. The van der Waals surface area contributed by atoms with Crippen molar-refractivity contribution >= 4 is 0 Å². The minimum atomic E-state index is -0.184. The summed E-state index contributed by atoms with van der Waals surface area (Å²) in [6, 6.07) is 8.37. The average Bonchev–Trinajstić information content (AvgIpc) is 2.23. The zero-order chi connectivity index (χ0) is 14.1. The van der Waals surface area contributed by atoms with Crippen LogP contribution in [0.15, 0.2) is 24.3 Å². The molecular formula is C16H25NO2. The highest BCUT2D eigenvalue weighted by atomic mass is 16.5. The van der Waals surface area contributed by atoms with Gasteiger partial charge in [0.15, 0.2) is 0 Å². The van der Waals surface area contributed by atoms with Gasteiger partial charge in [-0.05, 0) is 51.8 Å². The maximum atomic E-state index is 6.18. The van der Waals surface area contributed by atoms with Gasteiger partial charge in [0.05, 0.1) is 19.3 Å². The summed E-state index contributed by atoms with van der Waals surface area (Å²) in [7, 11) is 0. The molecule has 1 aromatic rings. The highest BCUT2D eigenvalue weighted by molar-refractivity contribution is 5.34. The largest absolute Gasteiger partial charge is 0.491 e. The second-order valence-electron chi connectivity index (χ2n) is 6.63. The molecule has 0 atom stereocenters. The molecule has 1 aromatic carbocycles. The zero-order valence-corrected chi connectivity index (χ0v) is 12.4. The fourth-order valence-electron chi connectivity index (χ4n) is 2.75. The third kappa shape index (κ3) is 3.48. The van der Waals surface area contributed by atoms with Crippen molar-refractivity contribution in [1.29, 1.82) is 0 Å². The van der Waals surface area contributed by atoms with Crippen LogP contribution in [-0.2, 0) is 10.2 Å². The molecule has 0 bridgehead atoms. The molecular weight excluding hydrogens is 238 g/mol. The molecule has 3 heteroatoms. The Morgan fingerprint density at radius 2 is 1.84 bits per heavy atom. The number of rotatable bonds is 5. The maximum absolute atomic E-state index is 6.18. The fraction of sp³-hybridized carbons (Fsp3) is 0.625. The third-order valence-electron chi connectivity index (χ3n) is 3.39. The average molecular weight is 263 g/mol. The molecule has 0 aromatic heterocycles. The van der Waals surface area contributed by atoms with Crippen molar-refractivity contribution in [2.45, 2.75) is 51.2 Å². The lowest BCUT2D eigenvalue weighted by atomic mass is 9.71. The summed E-state index contributed by atoms with van der Waals surface area (Å²) in [5, 5.41) is 0. The predicted molar refractivity (Wildman–Crippen MR) is 77.6 cm³/mol. The van der Waals surface area contributed by atoms with Crippen molar-refractivity contribution < 1.29 is 9.47 Å². The van der Waals surface area contributed by atoms with E-state index >= 15 is 0 Å². The summed E-state index contributed by atoms with van der Waals surface area (Å²) in [6.07, 6.45) is 1.14. The number of ether oxygens (including phenoxy) is 2. The molecule has 0 spiro atoms. The van der Waals surface area contributed by atoms with Crippen molar-refractivity contribution in [3.05, 3.63) is 29.8 Å². The molecule has 1 aliphatic rings. The van der Waals surface area contributed by atoms with Crippen LogP contribution in [0.4, 0.5) is 0 Å². The van der Waals surface area contributed by atoms with Gasteiger partial charge >= 0.3 is 0 Å². The van der Waals surface area contributed by atoms with E-state index in [9.17, 15) is 0 Å². The molecule has 1 saturated heterocycles. The van der Waals surface area contributed by atoms with Crippen LogP contribution in [0.3, 0.4) is 0 Å². The van der Waals surface area contributed by atoms with Gasteiger partial charge in [-0.3, -0.25) is 0 Å². The van der Waals surface area contributed by atoms with Gasteiger partial charge in [0.1, 0.15) is 5.75 Å². The van der Waals surface area contributed by atoms with Crippen molar-refractivity contribution in [2.75, 3.05) is 13.2 Å². The van der Waals surface area contributed by atoms with Crippen LogP contribution >= 0.6 is 0 Å². The van der Waals surface area contributed by atoms with Crippen LogP contribution in [-0.4, -0.2) is 24.9 Å². The topological polar surface area (TPSA) is 44.5 Å². The van der Waals surface area contributed by atoms with E-state index in [0.29, 0.717) is 0 Å². The van der Waals surface area contributed by atoms with Crippen LogP contribution in [0.2, 0.25) is 0 Å². The molecule has 0 amide bonds. The van der Waals surface area contributed by atoms with Gasteiger partial charge in [0.25, 0.3) is 0 Å². The first kappa shape index (κ1) is 14.4. The van der Waals surface area contributed by atoms with E-state index in [1.807, 2.05) is 26.0 Å². The van der Waals surface area contributed by atoms with Crippen LogP contribution in [0.25, 0.3) is 0 Å². The number of hydrogen-bond donors (Lipinski definition) is 1. The monoisotopic (exact) mass is 263 g/mol. The lowest BCUT2D eigenvalue weighted by molar-refractivity contribution is -0.0719. The molecule has 3 nitrogen and oxygen atoms in total. The molecule has 0 saturated carbocycles. The molecule has 1 aliphatic heterocycles. The Balaban J connectivity index is 2.15. The number of benzene rings is 1. The van der Waals surface area contributed by atoms with Gasteiger partial charge in [0, 0.05) is 11.0 Å². The minimum Gasteiger partial charge on any atom is -0.491 e. The lowest BCUT2D eigenvalue weighted by Crippen LogP contribution is -2.53. The van der Waals surface area contributed by atoms with E-state index in [1.165, 1.54) is 5.56 Å². The summed E-state index contributed by atoms with van der Waals surface area (Å²) in [6.45, 7) is 9.74. The molecule has 2 rings (SSSR count). The quantitative estimate of drug-likeness (QED) is 0.888. The Kier molecular flexibility index (Phi) is 3.88. The van der Waals surface area contributed by atoms with E-state index in [1.54, 1.807) is 0 Å². The van der Waals surface area contributed by atoms with Crippen LogP contribution in [0, 0.1) is 0 Å². The van der Waals surface area contributed by atoms with Gasteiger partial charge in [-0.15, -0.1) is 0 Å². The zero-order valence-electron chi connectivity index (χ0n) is 12.4. The van der Waals surface area contributed by atoms with E-state index < -0.39 is 0 Å². The van der Waals surface area contributed by atoms with Crippen LogP contribution < -0.4 is 10.5 Å². The summed E-state index contributed by atoms with van der Waals surface area (Å²) in [5.41, 5.74) is 7.38. The molecule has 19 heavy (non-hydrogen) atoms. The molecule has 1 heterocycles. The summed E-state index contributed by atoms with van der Waals surface area (Å²) in [5.74, 6) is 0.918. The van der Waals surface area contributed by atoms with Gasteiger partial charge < -0.3 is 15.2 Å². The van der Waals surface area contributed by atoms with Crippen molar-refractivity contribution in [1.82, 2.24) is 0 Å². The SMILES string of the molecule is CC(C)Oc1ccc(C2(CC(C)(C)N)COC2)cc1. The van der Waals surface area contributed by atoms with E-state index in [4.69, 9.17) is 15.2 Å². The smallest absolute Gasteiger partial charge is 0.119 e. The Morgan fingerprint density at radius 1 is 1.26 bits per heavy atom. The van der Waals surface area contributed by atoms with Crippen LogP contribution in [0.1, 0.15) is 39.7 Å². The Labute approximate surface area is 116 Å². The van der Waals surface area contributed by atoms with Crippen LogP contribution in [0.5, 0.6) is 5.75 Å². The van der Waals surface area contributed by atoms with Gasteiger partial charge in [-0.1, -0.05) is 12.1 Å². The van der Waals surface area contributed by atoms with Crippen molar-refractivity contribution in [3.63, 3.8) is 0 Å². The Morgan fingerprint density at radius 3 is 2.21 bits per heavy atom. The third-order valence-corrected chi connectivity index (χ3v) is 3.39. The van der Waals surface area contributed by atoms with Crippen molar-refractivity contribution in [2.24, 2.45) is 5.73 Å². The first-order chi connectivity index (χ1) is 8.81. The Bertz CT molecular complexity index is 413. The molecule has 2 N–H and O–H groups in total. The Hall–Kier alpha value is -1.06. The molecule has 1 fully saturated rings. The number of nitrogens with two attached hydrogens (primary N) is 1. The summed E-state index contributed by atoms with van der Waals surface area (Å²) < 4.78 is 11.1. The van der Waals surface area contributed by atoms with Crippen molar-refractivity contribution in [3.8, 4) is 5.75 Å². The van der Waals surface area contributed by atoms with Gasteiger partial charge in [0.2, 0.25) is 0 Å². The first-order valence-electron chi connectivity index (χ1n) is 6.95. The van der Waals surface area contributed by atoms with Gasteiger partial charge in [-0.2, -0.15) is 0 Å². The normalized spacial score (nSPS) is 18.2. The first-order valence-corrected chi connectivity index (χ1v) is 6.95. The lowest BCUT2D eigenvalue weighted by Gasteiger charge is -2.45. The second-order valence-corrected chi connectivity index (χ2v) is 6.63. The summed E-state index contributed by atoms with van der Waals surface area (Å²) >= 11 is 0. The van der Waals surface area contributed by atoms with Gasteiger partial charge in [-0.25, -0.2) is 0 Å². The van der Waals surface area contributed by atoms with E-state index in [2.05, 4.69) is 26.0 Å². The number of hydrogen-bond acceptors (Lipinski definition) is 3. The molecule has 106 valence electrons. The highest BCUT2D eigenvalue weighted by Gasteiger charge is 2.43. The fourth-order valence-corrected chi connectivity index (χ4v) is 2.75. The highest BCUT2D eigenvalue weighted by Crippen LogP contribution is 2.39. The van der Waals surface area contributed by atoms with E-state index in [0.717, 1.165) is 25.4 Å². The maximum Gasteiger partial charge on any atom is 0.119 e. The molecule has 0 radical (unpaired) electrons. The molecule has 0 aliphatic carbocycles. The van der Waals surface area contributed by atoms with E-state index in [-0.39, 0.29) is 17.1 Å². The standard InChI is InChI=1S/C16H25NO2/c1-12(2)19-14-7-5-13(6-8-14)16(10-18-11-16)9-15(3,4)17/h5-8,12H,9-11,17H2,1-4H3. The summed E-state index contributed by atoms with van der Waals surface area (Å²) in [4.78, 5) is 0. The molecule has 0 unspecified atom stereocenters.